The van der Waals surface area contributed by atoms with Gasteiger partial charge in [-0.3, -0.25) is 9.59 Å². The summed E-state index contributed by atoms with van der Waals surface area (Å²) in [6.45, 7) is 7.36. The third-order valence-electron chi connectivity index (χ3n) is 7.89. The van der Waals surface area contributed by atoms with Crippen LogP contribution in [0.25, 0.3) is 11.1 Å². The monoisotopic (exact) mass is 603 g/mol. The number of hydrogen-bond donors (Lipinski definition) is 1. The summed E-state index contributed by atoms with van der Waals surface area (Å²) in [5.74, 6) is -1.23. The summed E-state index contributed by atoms with van der Waals surface area (Å²) in [7, 11) is 3.22. The Balaban J connectivity index is 1.54. The van der Waals surface area contributed by atoms with Gasteiger partial charge in [0.1, 0.15) is 5.82 Å². The molecule has 43 heavy (non-hydrogen) atoms. The molecule has 2 saturated heterocycles. The highest BCUT2D eigenvalue weighted by atomic mass is 19.4. The van der Waals surface area contributed by atoms with Crippen LogP contribution in [0, 0.1) is 5.82 Å². The van der Waals surface area contributed by atoms with Gasteiger partial charge >= 0.3 is 6.18 Å². The van der Waals surface area contributed by atoms with Crippen LogP contribution in [0.2, 0.25) is 0 Å². The molecule has 230 valence electrons. The molecule has 14 heteroatoms. The van der Waals surface area contributed by atoms with E-state index in [4.69, 9.17) is 4.74 Å². The zero-order chi connectivity index (χ0) is 31.1. The predicted molar refractivity (Wildman–Crippen MR) is 154 cm³/mol. The SMILES string of the molecule is CC1CN(c2ncc(-c3cc(NC(=O)c4cn(C)c(=O)cc4C(F)(F)F)c(N4CCN(C)C(C)C4)cc3F)cn2)CCO1. The van der Waals surface area contributed by atoms with Crippen molar-refractivity contribution < 1.29 is 27.1 Å². The summed E-state index contributed by atoms with van der Waals surface area (Å²) < 4.78 is 63.6. The van der Waals surface area contributed by atoms with Crippen LogP contribution in [-0.4, -0.2) is 83.9 Å². The maximum Gasteiger partial charge on any atom is 0.417 e. The largest absolute Gasteiger partial charge is 0.417 e. The molecule has 0 saturated carbocycles. The normalized spacial score (nSPS) is 19.9. The number of rotatable bonds is 5. The minimum Gasteiger partial charge on any atom is -0.375 e. The lowest BCUT2D eigenvalue weighted by molar-refractivity contribution is -0.138. The molecule has 2 aliphatic heterocycles. The molecule has 3 aromatic rings. The summed E-state index contributed by atoms with van der Waals surface area (Å²) in [4.78, 5) is 40.2. The van der Waals surface area contributed by atoms with Crippen LogP contribution in [0.4, 0.5) is 34.9 Å². The Labute approximate surface area is 245 Å². The topological polar surface area (TPSA) is 95.8 Å². The number of ether oxygens (including phenoxy) is 1. The van der Waals surface area contributed by atoms with Gasteiger partial charge in [-0.05, 0) is 33.0 Å². The fourth-order valence-corrected chi connectivity index (χ4v) is 5.27. The number of likely N-dealkylation sites (N-methyl/N-ethyl adjacent to an activating group) is 1. The van der Waals surface area contributed by atoms with E-state index in [1.54, 1.807) is 0 Å². The predicted octanol–water partition coefficient (Wildman–Crippen LogP) is 3.62. The molecule has 4 heterocycles. The quantitative estimate of drug-likeness (QED) is 0.442. The highest BCUT2D eigenvalue weighted by molar-refractivity contribution is 6.07. The Kier molecular flexibility index (Phi) is 8.43. The van der Waals surface area contributed by atoms with Gasteiger partial charge in [-0.2, -0.15) is 13.2 Å². The van der Waals surface area contributed by atoms with Crippen LogP contribution in [0.15, 0.2) is 41.6 Å². The number of piperazine rings is 1. The molecule has 0 aliphatic carbocycles. The van der Waals surface area contributed by atoms with E-state index in [2.05, 4.69) is 20.2 Å². The number of carbonyl (C=O) groups excluding carboxylic acids is 1. The molecule has 0 spiro atoms. The lowest BCUT2D eigenvalue weighted by Crippen LogP contribution is -2.50. The number of hydrogen-bond acceptors (Lipinski definition) is 8. The standard InChI is InChI=1S/C29H33F4N7O3/c1-17-14-39(6-5-37(17)3)25-11-23(30)20(19-12-34-28(35-13-19)40-7-8-43-18(2)15-40)9-24(25)36-27(42)21-16-38(4)26(41)10-22(21)29(31,32)33/h9-13,16-18H,5-8,14-15H2,1-4H3,(H,36,42). The second-order valence-electron chi connectivity index (χ2n) is 11.0. The van der Waals surface area contributed by atoms with Gasteiger partial charge in [-0.15, -0.1) is 0 Å². The van der Waals surface area contributed by atoms with Crippen molar-refractivity contribution in [1.82, 2.24) is 19.4 Å². The number of benzene rings is 1. The second-order valence-corrected chi connectivity index (χ2v) is 11.0. The fourth-order valence-electron chi connectivity index (χ4n) is 5.27. The number of alkyl halides is 3. The molecule has 1 N–H and O–H groups in total. The van der Waals surface area contributed by atoms with E-state index in [-0.39, 0.29) is 23.4 Å². The Morgan fingerprint density at radius 1 is 1.02 bits per heavy atom. The number of morpholine rings is 1. The zero-order valence-corrected chi connectivity index (χ0v) is 24.3. The van der Waals surface area contributed by atoms with Crippen molar-refractivity contribution in [2.75, 3.05) is 61.5 Å². The average molecular weight is 604 g/mol. The number of carbonyl (C=O) groups is 1. The van der Waals surface area contributed by atoms with Gasteiger partial charge in [-0.25, -0.2) is 14.4 Å². The Morgan fingerprint density at radius 2 is 1.74 bits per heavy atom. The molecule has 1 amide bonds. The Morgan fingerprint density at radius 3 is 2.40 bits per heavy atom. The smallest absolute Gasteiger partial charge is 0.375 e. The molecule has 0 radical (unpaired) electrons. The van der Waals surface area contributed by atoms with Gasteiger partial charge in [0.2, 0.25) is 5.95 Å². The van der Waals surface area contributed by atoms with Crippen LogP contribution in [0.3, 0.4) is 0 Å². The summed E-state index contributed by atoms with van der Waals surface area (Å²) >= 11 is 0. The van der Waals surface area contributed by atoms with Crippen molar-refractivity contribution >= 4 is 23.2 Å². The number of nitrogens with one attached hydrogen (secondary N) is 1. The van der Waals surface area contributed by atoms with Crippen LogP contribution < -0.4 is 20.7 Å². The maximum absolute atomic E-state index is 15.7. The summed E-state index contributed by atoms with van der Waals surface area (Å²) in [5, 5.41) is 2.58. The van der Waals surface area contributed by atoms with Crippen molar-refractivity contribution in [3.05, 3.63) is 64.1 Å². The number of nitrogens with zero attached hydrogens (tertiary/aromatic N) is 6. The second kappa shape index (κ2) is 11.9. The van der Waals surface area contributed by atoms with E-state index in [0.717, 1.165) is 10.8 Å². The minimum atomic E-state index is -4.94. The van der Waals surface area contributed by atoms with E-state index in [0.29, 0.717) is 62.6 Å². The molecule has 2 atom stereocenters. The Bertz CT molecular complexity index is 1560. The fraction of sp³-hybridized carbons (Fsp3) is 0.448. The lowest BCUT2D eigenvalue weighted by atomic mass is 10.0. The van der Waals surface area contributed by atoms with Crippen molar-refractivity contribution in [2.45, 2.75) is 32.2 Å². The first-order valence-electron chi connectivity index (χ1n) is 13.9. The van der Waals surface area contributed by atoms with Crippen LogP contribution in [0.1, 0.15) is 29.8 Å². The van der Waals surface area contributed by atoms with Gasteiger partial charge in [0.15, 0.2) is 0 Å². The molecule has 5 rings (SSSR count). The number of pyridine rings is 1. The first-order valence-corrected chi connectivity index (χ1v) is 13.9. The van der Waals surface area contributed by atoms with E-state index in [9.17, 15) is 22.8 Å². The molecule has 0 bridgehead atoms. The van der Waals surface area contributed by atoms with Gasteiger partial charge < -0.3 is 29.3 Å². The molecule has 2 aliphatic rings. The zero-order valence-electron chi connectivity index (χ0n) is 24.3. The number of anilines is 3. The van der Waals surface area contributed by atoms with Crippen molar-refractivity contribution in [3.8, 4) is 11.1 Å². The number of aryl methyl sites for hydroxylation is 1. The number of amides is 1. The van der Waals surface area contributed by atoms with E-state index in [1.165, 1.54) is 31.6 Å². The summed E-state index contributed by atoms with van der Waals surface area (Å²) in [6, 6.07) is 3.15. The van der Waals surface area contributed by atoms with Crippen molar-refractivity contribution in [1.29, 1.82) is 0 Å². The van der Waals surface area contributed by atoms with E-state index in [1.807, 2.05) is 30.7 Å². The molecule has 2 fully saturated rings. The number of aromatic nitrogens is 3. The molecule has 2 aromatic heterocycles. The van der Waals surface area contributed by atoms with Crippen LogP contribution >= 0.6 is 0 Å². The molecule has 2 unspecified atom stereocenters. The third-order valence-corrected chi connectivity index (χ3v) is 7.89. The average Bonchev–Trinajstić information content (AvgIpc) is 2.96. The van der Waals surface area contributed by atoms with Gasteiger partial charge in [-0.1, -0.05) is 0 Å². The van der Waals surface area contributed by atoms with Crippen LogP contribution in [0.5, 0.6) is 0 Å². The summed E-state index contributed by atoms with van der Waals surface area (Å²) in [6.07, 6.45) is -1.14. The highest BCUT2D eigenvalue weighted by Gasteiger charge is 2.36. The van der Waals surface area contributed by atoms with E-state index < -0.39 is 34.6 Å². The third kappa shape index (κ3) is 6.49. The highest BCUT2D eigenvalue weighted by Crippen LogP contribution is 2.37. The summed E-state index contributed by atoms with van der Waals surface area (Å²) in [5.41, 5.74) is -2.15. The molecule has 1 aromatic carbocycles. The van der Waals surface area contributed by atoms with E-state index >= 15 is 4.39 Å². The molecular formula is C29H33F4N7O3. The van der Waals surface area contributed by atoms with Crippen molar-refractivity contribution in [2.24, 2.45) is 7.05 Å². The van der Waals surface area contributed by atoms with Crippen molar-refractivity contribution in [3.63, 3.8) is 0 Å². The maximum atomic E-state index is 15.7. The minimum absolute atomic E-state index is 0.00960. The number of halogens is 4. The van der Waals surface area contributed by atoms with Gasteiger partial charge in [0, 0.05) is 81.6 Å². The first kappa shape index (κ1) is 30.4. The Hall–Kier alpha value is -4.04. The molecular weight excluding hydrogens is 570 g/mol. The first-order chi connectivity index (χ1) is 20.3. The lowest BCUT2D eigenvalue weighted by Gasteiger charge is -2.39. The van der Waals surface area contributed by atoms with Crippen LogP contribution in [-0.2, 0) is 18.0 Å². The van der Waals surface area contributed by atoms with Gasteiger partial charge in [0.05, 0.1) is 35.2 Å². The molecule has 10 nitrogen and oxygen atoms in total. The van der Waals surface area contributed by atoms with Gasteiger partial charge in [0.25, 0.3) is 11.5 Å².